The molecular weight excluding hydrogens is 265 g/mol. The predicted molar refractivity (Wildman–Crippen MR) is 71.0 cm³/mol. The quantitative estimate of drug-likeness (QED) is 0.830. The maximum Gasteiger partial charge on any atom is 0.305 e. The van der Waals surface area contributed by atoms with Crippen LogP contribution in [0.15, 0.2) is 24.3 Å². The van der Waals surface area contributed by atoms with Gasteiger partial charge in [0.1, 0.15) is 0 Å². The molecule has 1 N–H and O–H groups in total. The summed E-state index contributed by atoms with van der Waals surface area (Å²) >= 11 is 0. The summed E-state index contributed by atoms with van der Waals surface area (Å²) < 4.78 is 18.7. The van der Waals surface area contributed by atoms with Crippen LogP contribution >= 0.6 is 0 Å². The SMILES string of the molecule is CCN(CCC(=O)O)C(=O)C(C)Oc1ccccc1F. The van der Waals surface area contributed by atoms with Gasteiger partial charge >= 0.3 is 5.97 Å². The van der Waals surface area contributed by atoms with Crippen LogP contribution in [0.2, 0.25) is 0 Å². The fourth-order valence-corrected chi connectivity index (χ4v) is 1.69. The van der Waals surface area contributed by atoms with Crippen LogP contribution in [0.1, 0.15) is 20.3 Å². The standard InChI is InChI=1S/C14H18FNO4/c1-3-16(9-8-13(17)18)14(19)10(2)20-12-7-5-4-6-11(12)15/h4-7,10H,3,8-9H2,1-2H3,(H,17,18). The lowest BCUT2D eigenvalue weighted by Gasteiger charge is -2.24. The van der Waals surface area contributed by atoms with Gasteiger partial charge in [-0.2, -0.15) is 0 Å². The summed E-state index contributed by atoms with van der Waals surface area (Å²) in [6.45, 7) is 3.74. The maximum absolute atomic E-state index is 13.4. The normalized spacial score (nSPS) is 11.8. The lowest BCUT2D eigenvalue weighted by atomic mass is 10.3. The van der Waals surface area contributed by atoms with Crippen LogP contribution in [-0.2, 0) is 9.59 Å². The van der Waals surface area contributed by atoms with Crippen molar-refractivity contribution in [3.05, 3.63) is 30.1 Å². The van der Waals surface area contributed by atoms with Gasteiger partial charge in [-0.3, -0.25) is 9.59 Å². The van der Waals surface area contributed by atoms with E-state index < -0.39 is 17.9 Å². The first-order valence-corrected chi connectivity index (χ1v) is 6.37. The number of amides is 1. The smallest absolute Gasteiger partial charge is 0.305 e. The van der Waals surface area contributed by atoms with Gasteiger partial charge in [-0.05, 0) is 26.0 Å². The molecule has 1 atom stereocenters. The highest BCUT2D eigenvalue weighted by atomic mass is 19.1. The van der Waals surface area contributed by atoms with E-state index >= 15 is 0 Å². The van der Waals surface area contributed by atoms with Crippen molar-refractivity contribution in [1.82, 2.24) is 4.90 Å². The zero-order chi connectivity index (χ0) is 15.1. The molecule has 0 heterocycles. The van der Waals surface area contributed by atoms with Crippen LogP contribution in [0.5, 0.6) is 5.75 Å². The van der Waals surface area contributed by atoms with Gasteiger partial charge in [0.2, 0.25) is 0 Å². The molecule has 6 heteroatoms. The van der Waals surface area contributed by atoms with E-state index in [0.717, 1.165) is 0 Å². The minimum Gasteiger partial charge on any atom is -0.481 e. The predicted octanol–water partition coefficient (Wildman–Crippen LogP) is 1.92. The molecule has 0 saturated carbocycles. The highest BCUT2D eigenvalue weighted by Crippen LogP contribution is 2.17. The Bertz CT molecular complexity index is 478. The average molecular weight is 283 g/mol. The lowest BCUT2D eigenvalue weighted by molar-refractivity contribution is -0.140. The third kappa shape index (κ3) is 4.53. The molecule has 0 aliphatic heterocycles. The van der Waals surface area contributed by atoms with Crippen molar-refractivity contribution >= 4 is 11.9 Å². The van der Waals surface area contributed by atoms with Crippen molar-refractivity contribution in [2.45, 2.75) is 26.4 Å². The van der Waals surface area contributed by atoms with Gasteiger partial charge in [0.15, 0.2) is 17.7 Å². The van der Waals surface area contributed by atoms with Crippen LogP contribution in [0, 0.1) is 5.82 Å². The van der Waals surface area contributed by atoms with Crippen LogP contribution in [0.3, 0.4) is 0 Å². The molecule has 0 aliphatic rings. The number of hydrogen-bond acceptors (Lipinski definition) is 3. The van der Waals surface area contributed by atoms with Crippen LogP contribution in [0.25, 0.3) is 0 Å². The number of carbonyl (C=O) groups excluding carboxylic acids is 1. The topological polar surface area (TPSA) is 66.8 Å². The van der Waals surface area contributed by atoms with Gasteiger partial charge in [0.05, 0.1) is 6.42 Å². The summed E-state index contributed by atoms with van der Waals surface area (Å²) in [5.74, 6) is -1.88. The highest BCUT2D eigenvalue weighted by molar-refractivity contribution is 5.81. The molecule has 20 heavy (non-hydrogen) atoms. The number of carboxylic acid groups (broad SMARTS) is 1. The van der Waals surface area contributed by atoms with E-state index in [-0.39, 0.29) is 24.6 Å². The molecule has 0 radical (unpaired) electrons. The van der Waals surface area contributed by atoms with Crippen molar-refractivity contribution < 1.29 is 23.8 Å². The number of carboxylic acids is 1. The molecule has 5 nitrogen and oxygen atoms in total. The van der Waals surface area contributed by atoms with E-state index in [4.69, 9.17) is 9.84 Å². The monoisotopic (exact) mass is 283 g/mol. The van der Waals surface area contributed by atoms with E-state index in [1.807, 2.05) is 0 Å². The Morgan fingerprint density at radius 2 is 2.05 bits per heavy atom. The minimum absolute atomic E-state index is 0.00244. The summed E-state index contributed by atoms with van der Waals surface area (Å²) in [4.78, 5) is 24.0. The van der Waals surface area contributed by atoms with Gasteiger partial charge in [-0.15, -0.1) is 0 Å². The average Bonchev–Trinajstić information content (AvgIpc) is 2.41. The lowest BCUT2D eigenvalue weighted by Crippen LogP contribution is -2.41. The van der Waals surface area contributed by atoms with Gasteiger partial charge in [0, 0.05) is 13.1 Å². The summed E-state index contributed by atoms with van der Waals surface area (Å²) in [7, 11) is 0. The maximum atomic E-state index is 13.4. The fraction of sp³-hybridized carbons (Fsp3) is 0.429. The second-order valence-corrected chi connectivity index (χ2v) is 4.25. The first kappa shape index (κ1) is 15.9. The second kappa shape index (κ2) is 7.47. The molecule has 0 aromatic heterocycles. The third-order valence-corrected chi connectivity index (χ3v) is 2.78. The molecule has 0 spiro atoms. The number of benzene rings is 1. The number of aliphatic carboxylic acids is 1. The Balaban J connectivity index is 2.65. The van der Waals surface area contributed by atoms with Crippen LogP contribution < -0.4 is 4.74 Å². The number of likely N-dealkylation sites (N-methyl/N-ethyl adjacent to an activating group) is 1. The number of carbonyl (C=O) groups is 2. The molecule has 0 fully saturated rings. The number of para-hydroxylation sites is 1. The Morgan fingerprint density at radius 3 is 2.60 bits per heavy atom. The summed E-state index contributed by atoms with van der Waals surface area (Å²) in [6, 6.07) is 5.82. The second-order valence-electron chi connectivity index (χ2n) is 4.25. The summed E-state index contributed by atoms with van der Waals surface area (Å²) in [5, 5.41) is 8.63. The fourth-order valence-electron chi connectivity index (χ4n) is 1.69. The van der Waals surface area contributed by atoms with Crippen LogP contribution in [-0.4, -0.2) is 41.1 Å². The molecule has 110 valence electrons. The van der Waals surface area contributed by atoms with E-state index in [9.17, 15) is 14.0 Å². The van der Waals surface area contributed by atoms with E-state index in [1.165, 1.54) is 30.0 Å². The Hall–Kier alpha value is -2.11. The molecule has 1 aromatic rings. The number of rotatable bonds is 7. The van der Waals surface area contributed by atoms with Crippen molar-refractivity contribution in [2.75, 3.05) is 13.1 Å². The summed E-state index contributed by atoms with van der Waals surface area (Å²) in [5.41, 5.74) is 0. The number of hydrogen-bond donors (Lipinski definition) is 1. The molecule has 1 amide bonds. The molecule has 0 saturated heterocycles. The van der Waals surface area contributed by atoms with E-state index in [2.05, 4.69) is 0 Å². The minimum atomic E-state index is -0.973. The zero-order valence-corrected chi connectivity index (χ0v) is 11.5. The summed E-state index contributed by atoms with van der Waals surface area (Å²) in [6.07, 6.45) is -1.01. The van der Waals surface area contributed by atoms with Crippen molar-refractivity contribution in [3.8, 4) is 5.75 Å². The van der Waals surface area contributed by atoms with Crippen molar-refractivity contribution in [3.63, 3.8) is 0 Å². The molecule has 1 unspecified atom stereocenters. The van der Waals surface area contributed by atoms with E-state index in [0.29, 0.717) is 6.54 Å². The van der Waals surface area contributed by atoms with Crippen molar-refractivity contribution in [2.24, 2.45) is 0 Å². The third-order valence-electron chi connectivity index (χ3n) is 2.78. The number of halogens is 1. The van der Waals surface area contributed by atoms with Gasteiger partial charge in [-0.25, -0.2) is 4.39 Å². The van der Waals surface area contributed by atoms with Crippen LogP contribution in [0.4, 0.5) is 4.39 Å². The molecule has 0 bridgehead atoms. The van der Waals surface area contributed by atoms with Gasteiger partial charge in [-0.1, -0.05) is 12.1 Å². The molecule has 0 aliphatic carbocycles. The highest BCUT2D eigenvalue weighted by Gasteiger charge is 2.22. The Labute approximate surface area is 117 Å². The molecular formula is C14H18FNO4. The first-order valence-electron chi connectivity index (χ1n) is 6.37. The molecule has 1 rings (SSSR count). The van der Waals surface area contributed by atoms with Gasteiger partial charge < -0.3 is 14.7 Å². The van der Waals surface area contributed by atoms with E-state index in [1.54, 1.807) is 13.0 Å². The Kier molecular flexibility index (Phi) is 5.96. The van der Waals surface area contributed by atoms with Crippen molar-refractivity contribution in [1.29, 1.82) is 0 Å². The first-order chi connectivity index (χ1) is 9.45. The Morgan fingerprint density at radius 1 is 1.40 bits per heavy atom. The largest absolute Gasteiger partial charge is 0.481 e. The zero-order valence-electron chi connectivity index (χ0n) is 11.5. The molecule has 1 aromatic carbocycles. The number of ether oxygens (including phenoxy) is 1. The van der Waals surface area contributed by atoms with Gasteiger partial charge in [0.25, 0.3) is 5.91 Å². The number of nitrogens with zero attached hydrogens (tertiary/aromatic N) is 1.